The van der Waals surface area contributed by atoms with Crippen LogP contribution in [0.15, 0.2) is 47.4 Å². The summed E-state index contributed by atoms with van der Waals surface area (Å²) >= 11 is 2.33. The second-order valence-corrected chi connectivity index (χ2v) is 10.4. The zero-order valence-electron chi connectivity index (χ0n) is 16.0. The number of rotatable bonds is 7. The molecule has 0 spiro atoms. The molecule has 2 aromatic rings. The van der Waals surface area contributed by atoms with E-state index in [9.17, 15) is 0 Å². The Morgan fingerprint density at radius 1 is 1.04 bits per heavy atom. The van der Waals surface area contributed by atoms with Gasteiger partial charge in [-0.1, -0.05) is 0 Å². The van der Waals surface area contributed by atoms with Gasteiger partial charge in [0, 0.05) is 4.90 Å². The molecular formula is C22H29AsNOS. The number of hydrogen-bond acceptors (Lipinski definition) is 3. The number of benzene rings is 2. The third kappa shape index (κ3) is 5.09. The first kappa shape index (κ1) is 19.9. The maximum atomic E-state index is 5.61. The van der Waals surface area contributed by atoms with E-state index in [4.69, 9.17) is 4.74 Å². The van der Waals surface area contributed by atoms with E-state index in [-0.39, 0.29) is 0 Å². The molecule has 1 radical (unpaired) electrons. The second-order valence-electron chi connectivity index (χ2n) is 6.90. The molecule has 0 unspecified atom stereocenters. The summed E-state index contributed by atoms with van der Waals surface area (Å²) in [6, 6.07) is 16.0. The minimum absolute atomic E-state index is 0.555. The van der Waals surface area contributed by atoms with Crippen molar-refractivity contribution < 1.29 is 4.74 Å². The van der Waals surface area contributed by atoms with Gasteiger partial charge in [-0.2, -0.15) is 0 Å². The van der Waals surface area contributed by atoms with Gasteiger partial charge in [0.15, 0.2) is 0 Å². The van der Waals surface area contributed by atoms with Crippen LogP contribution in [0.3, 0.4) is 0 Å². The third-order valence-electron chi connectivity index (χ3n) is 5.35. The van der Waals surface area contributed by atoms with Gasteiger partial charge in [-0.3, -0.25) is 0 Å². The fourth-order valence-electron chi connectivity index (χ4n) is 3.67. The van der Waals surface area contributed by atoms with Crippen LogP contribution in [0, 0.1) is 0 Å². The van der Waals surface area contributed by atoms with Gasteiger partial charge in [0.25, 0.3) is 0 Å². The molecule has 0 atom stereocenters. The molecule has 26 heavy (non-hydrogen) atoms. The van der Waals surface area contributed by atoms with Crippen molar-refractivity contribution in [2.75, 3.05) is 13.4 Å². The van der Waals surface area contributed by atoms with Crippen LogP contribution in [-0.4, -0.2) is 35.2 Å². The summed E-state index contributed by atoms with van der Waals surface area (Å²) in [5.41, 5.74) is 6.19. The zero-order valence-corrected chi connectivity index (χ0v) is 18.7. The van der Waals surface area contributed by atoms with Crippen LogP contribution < -0.4 is 10.1 Å². The Morgan fingerprint density at radius 3 is 2.35 bits per heavy atom. The summed E-state index contributed by atoms with van der Waals surface area (Å²) < 4.78 is 6.64. The normalized spacial score (nSPS) is 20.6. The monoisotopic (exact) mass is 430 g/mol. The van der Waals surface area contributed by atoms with Crippen molar-refractivity contribution in [1.29, 1.82) is 0 Å². The molecule has 1 aliphatic carbocycles. The predicted octanol–water partition coefficient (Wildman–Crippen LogP) is 5.66. The van der Waals surface area contributed by atoms with Crippen LogP contribution in [-0.2, 0) is 6.54 Å². The van der Waals surface area contributed by atoms with E-state index in [2.05, 4.69) is 59.7 Å². The molecule has 4 heteroatoms. The molecule has 139 valence electrons. The quantitative estimate of drug-likeness (QED) is 0.453. The molecule has 1 fully saturated rings. The maximum absolute atomic E-state index is 5.61. The van der Waals surface area contributed by atoms with Gasteiger partial charge in [0.05, 0.1) is 0 Å². The molecule has 0 heterocycles. The average molecular weight is 430 g/mol. The molecule has 1 aliphatic rings. The van der Waals surface area contributed by atoms with Crippen LogP contribution in [0.1, 0.15) is 31.2 Å². The molecule has 2 nitrogen and oxygen atoms in total. The van der Waals surface area contributed by atoms with E-state index >= 15 is 0 Å². The number of thioether (sulfide) groups is 1. The van der Waals surface area contributed by atoms with E-state index in [0.717, 1.165) is 17.0 Å². The fourth-order valence-corrected chi connectivity index (χ4v) is 5.79. The van der Waals surface area contributed by atoms with Crippen LogP contribution >= 0.6 is 11.8 Å². The van der Waals surface area contributed by atoms with Crippen molar-refractivity contribution in [3.8, 4) is 16.9 Å². The number of nitrogens with one attached hydrogen (secondary N) is 1. The second kappa shape index (κ2) is 9.87. The van der Waals surface area contributed by atoms with Gasteiger partial charge >= 0.3 is 147 Å². The van der Waals surface area contributed by atoms with Crippen LogP contribution in [0.25, 0.3) is 11.1 Å². The number of ether oxygens (including phenoxy) is 1. The first-order valence-electron chi connectivity index (χ1n) is 9.37. The Balaban J connectivity index is 1.69. The minimum atomic E-state index is 0.555. The first-order valence-corrected chi connectivity index (χ1v) is 13.6. The molecule has 0 saturated heterocycles. The molecule has 0 bridgehead atoms. The topological polar surface area (TPSA) is 21.3 Å². The van der Waals surface area contributed by atoms with Gasteiger partial charge < -0.3 is 0 Å². The zero-order chi connectivity index (χ0) is 18.4. The SMILES string of the molecule is COc1ccc(-c2ccc(SC)cc2)cc1CNC1CCC([As]C)CC1. The molecule has 0 aromatic heterocycles. The third-order valence-corrected chi connectivity index (χ3v) is 8.71. The van der Waals surface area contributed by atoms with Crippen molar-refractivity contribution in [3.63, 3.8) is 0 Å². The molecule has 3 rings (SSSR count). The van der Waals surface area contributed by atoms with Crippen molar-refractivity contribution in [1.82, 2.24) is 5.32 Å². The Morgan fingerprint density at radius 2 is 1.73 bits per heavy atom. The number of methoxy groups -OCH3 is 1. The van der Waals surface area contributed by atoms with Gasteiger partial charge in [-0.15, -0.1) is 11.8 Å². The standard InChI is InChI=1S/C22H29AsNOS/c1-23-19-7-9-20(10-8-19)24-15-18-14-17(6-13-22(18)25-2)16-4-11-21(26-3)12-5-16/h4-6,11-14,19-20,24H,7-10,15H2,1-3H3. The summed E-state index contributed by atoms with van der Waals surface area (Å²) in [6.45, 7) is 0.884. The van der Waals surface area contributed by atoms with Crippen molar-refractivity contribution >= 4 is 27.5 Å². The van der Waals surface area contributed by atoms with Gasteiger partial charge in [0.2, 0.25) is 0 Å². The summed E-state index contributed by atoms with van der Waals surface area (Å²) in [4.78, 5) is 1.30. The molecule has 0 aliphatic heterocycles. The van der Waals surface area contributed by atoms with E-state index < -0.39 is 0 Å². The predicted molar refractivity (Wildman–Crippen MR) is 115 cm³/mol. The average Bonchev–Trinajstić information content (AvgIpc) is 2.72. The van der Waals surface area contributed by atoms with Crippen molar-refractivity contribution in [3.05, 3.63) is 48.0 Å². The van der Waals surface area contributed by atoms with Gasteiger partial charge in [0.1, 0.15) is 0 Å². The summed E-state index contributed by atoms with van der Waals surface area (Å²) in [5, 5.41) is 3.78. The van der Waals surface area contributed by atoms with Crippen molar-refractivity contribution in [2.24, 2.45) is 0 Å². The number of hydrogen-bond donors (Lipinski definition) is 1. The molecule has 1 saturated carbocycles. The molecule has 1 N–H and O–H groups in total. The summed E-state index contributed by atoms with van der Waals surface area (Å²) in [5.74, 6) is 0.981. The van der Waals surface area contributed by atoms with Crippen molar-refractivity contribution in [2.45, 2.75) is 53.6 Å². The van der Waals surface area contributed by atoms with Gasteiger partial charge in [-0.25, -0.2) is 0 Å². The van der Waals surface area contributed by atoms with Crippen LogP contribution in [0.2, 0.25) is 10.4 Å². The Bertz CT molecular complexity index is 696. The Kier molecular flexibility index (Phi) is 7.54. The Hall–Kier alpha value is -0.892. The van der Waals surface area contributed by atoms with E-state index in [1.807, 2.05) is 0 Å². The molecule has 0 amide bonds. The Labute approximate surface area is 169 Å². The first-order chi connectivity index (χ1) is 12.7. The van der Waals surface area contributed by atoms with Gasteiger partial charge in [-0.05, 0) is 6.26 Å². The molecular weight excluding hydrogens is 401 g/mol. The van der Waals surface area contributed by atoms with E-state index in [1.165, 1.54) is 47.3 Å². The summed E-state index contributed by atoms with van der Waals surface area (Å²) in [7, 11) is 1.77. The fraction of sp³-hybridized carbons (Fsp3) is 0.455. The van der Waals surface area contributed by atoms with Crippen LogP contribution in [0.5, 0.6) is 5.75 Å². The van der Waals surface area contributed by atoms with Crippen LogP contribution in [0.4, 0.5) is 0 Å². The molecule has 2 aromatic carbocycles. The summed E-state index contributed by atoms with van der Waals surface area (Å²) in [6.07, 6.45) is 7.58. The van der Waals surface area contributed by atoms with E-state index in [0.29, 0.717) is 21.8 Å². The van der Waals surface area contributed by atoms with E-state index in [1.54, 1.807) is 18.9 Å².